The number of benzene rings is 1. The van der Waals surface area contributed by atoms with Crippen molar-refractivity contribution in [3.63, 3.8) is 0 Å². The maximum atomic E-state index is 15.2. The van der Waals surface area contributed by atoms with E-state index in [1.807, 2.05) is 20.8 Å². The van der Waals surface area contributed by atoms with Crippen molar-refractivity contribution in [3.8, 4) is 0 Å². The van der Waals surface area contributed by atoms with Gasteiger partial charge in [-0.05, 0) is 61.7 Å². The highest BCUT2D eigenvalue weighted by Crippen LogP contribution is 2.35. The number of halogens is 2. The number of likely N-dealkylation sites (tertiary alicyclic amines) is 1. The molecule has 1 fully saturated rings. The Labute approximate surface area is 171 Å². The molecule has 1 saturated heterocycles. The van der Waals surface area contributed by atoms with Crippen LogP contribution < -0.4 is 0 Å². The van der Waals surface area contributed by atoms with Gasteiger partial charge in [-0.25, -0.2) is 14.0 Å². The van der Waals surface area contributed by atoms with E-state index in [4.69, 9.17) is 9.47 Å². The molecule has 1 aromatic heterocycles. The number of amides is 1. The molecule has 152 valence electrons. The zero-order valence-corrected chi connectivity index (χ0v) is 18.0. The number of fused-ring (bicyclic) bond motifs is 1. The molecule has 3 rings (SSSR count). The molecule has 6 nitrogen and oxygen atoms in total. The van der Waals surface area contributed by atoms with Crippen LogP contribution in [-0.2, 0) is 9.47 Å². The van der Waals surface area contributed by atoms with Gasteiger partial charge in [0.05, 0.1) is 23.9 Å². The minimum absolute atomic E-state index is 0.179. The van der Waals surface area contributed by atoms with Crippen LogP contribution in [0.1, 0.15) is 55.6 Å². The quantitative estimate of drug-likeness (QED) is 0.650. The third kappa shape index (κ3) is 4.16. The van der Waals surface area contributed by atoms with Crippen LogP contribution in [0.2, 0.25) is 0 Å². The first-order chi connectivity index (χ1) is 13.1. The van der Waals surface area contributed by atoms with Crippen LogP contribution >= 0.6 is 15.9 Å². The van der Waals surface area contributed by atoms with Gasteiger partial charge in [0.1, 0.15) is 5.60 Å². The number of hydrogen-bond donors (Lipinski definition) is 1. The lowest BCUT2D eigenvalue weighted by molar-refractivity contribution is 0.0196. The molecule has 1 atom stereocenters. The first-order valence-electron chi connectivity index (χ1n) is 9.17. The SMILES string of the molecule is COC(=O)c1cc(Br)c2[nH]c([C@@H]3CCCN(C(=O)OC(C)(C)C)C3)c(F)c2c1. The highest BCUT2D eigenvalue weighted by molar-refractivity contribution is 9.10. The van der Waals surface area contributed by atoms with Gasteiger partial charge in [0.15, 0.2) is 5.82 Å². The molecule has 0 saturated carbocycles. The van der Waals surface area contributed by atoms with Crippen molar-refractivity contribution in [2.45, 2.75) is 45.1 Å². The lowest BCUT2D eigenvalue weighted by Gasteiger charge is -2.33. The monoisotopic (exact) mass is 454 g/mol. The van der Waals surface area contributed by atoms with Gasteiger partial charge < -0.3 is 19.4 Å². The number of hydrogen-bond acceptors (Lipinski definition) is 4. The predicted molar refractivity (Wildman–Crippen MR) is 107 cm³/mol. The van der Waals surface area contributed by atoms with Crippen molar-refractivity contribution < 1.29 is 23.5 Å². The molecule has 1 aliphatic heterocycles. The number of aromatic amines is 1. The Hall–Kier alpha value is -2.09. The van der Waals surface area contributed by atoms with E-state index >= 15 is 4.39 Å². The summed E-state index contributed by atoms with van der Waals surface area (Å²) in [7, 11) is 1.28. The maximum absolute atomic E-state index is 15.2. The Morgan fingerprint density at radius 3 is 2.68 bits per heavy atom. The molecule has 28 heavy (non-hydrogen) atoms. The Morgan fingerprint density at radius 2 is 2.04 bits per heavy atom. The zero-order chi connectivity index (χ0) is 20.6. The van der Waals surface area contributed by atoms with Gasteiger partial charge in [0, 0.05) is 28.9 Å². The van der Waals surface area contributed by atoms with Crippen LogP contribution in [-0.4, -0.2) is 47.7 Å². The number of rotatable bonds is 2. The molecule has 0 bridgehead atoms. The number of carbonyl (C=O) groups excluding carboxylic acids is 2. The molecule has 0 spiro atoms. The van der Waals surface area contributed by atoms with Gasteiger partial charge >= 0.3 is 12.1 Å². The third-order valence-electron chi connectivity index (χ3n) is 4.73. The van der Waals surface area contributed by atoms with E-state index in [1.54, 1.807) is 11.0 Å². The molecule has 1 aliphatic rings. The fraction of sp³-hybridized carbons (Fsp3) is 0.500. The van der Waals surface area contributed by atoms with Crippen LogP contribution in [0.15, 0.2) is 16.6 Å². The van der Waals surface area contributed by atoms with Gasteiger partial charge in [-0.3, -0.25) is 0 Å². The normalized spacial score (nSPS) is 17.6. The summed E-state index contributed by atoms with van der Waals surface area (Å²) in [6.45, 7) is 6.42. The number of carbonyl (C=O) groups is 2. The second-order valence-corrected chi connectivity index (χ2v) is 8.84. The minimum atomic E-state index is -0.578. The molecule has 1 amide bonds. The molecule has 1 aromatic carbocycles. The predicted octanol–water partition coefficient (Wildman–Crippen LogP) is 4.97. The number of methoxy groups -OCH3 is 1. The Morgan fingerprint density at radius 1 is 1.32 bits per heavy atom. The van der Waals surface area contributed by atoms with Crippen LogP contribution in [0.25, 0.3) is 10.9 Å². The first kappa shape index (κ1) is 20.6. The second-order valence-electron chi connectivity index (χ2n) is 7.99. The molecular weight excluding hydrogens is 431 g/mol. The largest absolute Gasteiger partial charge is 0.465 e. The van der Waals surface area contributed by atoms with Crippen molar-refractivity contribution in [3.05, 3.63) is 33.7 Å². The summed E-state index contributed by atoms with van der Waals surface area (Å²) in [5.74, 6) is -1.11. The van der Waals surface area contributed by atoms with Crippen LogP contribution in [0, 0.1) is 5.82 Å². The lowest BCUT2D eigenvalue weighted by atomic mass is 9.94. The number of piperidine rings is 1. The topological polar surface area (TPSA) is 71.6 Å². The van der Waals surface area contributed by atoms with Gasteiger partial charge in [-0.1, -0.05) is 0 Å². The van der Waals surface area contributed by atoms with Gasteiger partial charge in [-0.15, -0.1) is 0 Å². The molecule has 2 aromatic rings. The van der Waals surface area contributed by atoms with E-state index in [0.717, 1.165) is 12.8 Å². The van der Waals surface area contributed by atoms with Crippen LogP contribution in [0.5, 0.6) is 0 Å². The number of aromatic nitrogens is 1. The van der Waals surface area contributed by atoms with Crippen molar-refractivity contribution in [2.75, 3.05) is 20.2 Å². The first-order valence-corrected chi connectivity index (χ1v) is 9.97. The summed E-state index contributed by atoms with van der Waals surface area (Å²) >= 11 is 3.39. The summed E-state index contributed by atoms with van der Waals surface area (Å²) in [4.78, 5) is 29.0. The van der Waals surface area contributed by atoms with Gasteiger partial charge in [-0.2, -0.15) is 0 Å². The van der Waals surface area contributed by atoms with Gasteiger partial charge in [0.2, 0.25) is 0 Å². The molecule has 0 unspecified atom stereocenters. The summed E-state index contributed by atoms with van der Waals surface area (Å²) in [5, 5.41) is 0.319. The van der Waals surface area contributed by atoms with Crippen molar-refractivity contribution >= 4 is 38.9 Å². The fourth-order valence-corrected chi connectivity index (χ4v) is 4.02. The Bertz CT molecular complexity index is 919. The van der Waals surface area contributed by atoms with Crippen molar-refractivity contribution in [1.82, 2.24) is 9.88 Å². The van der Waals surface area contributed by atoms with E-state index in [9.17, 15) is 9.59 Å². The zero-order valence-electron chi connectivity index (χ0n) is 16.4. The summed E-state index contributed by atoms with van der Waals surface area (Å²) in [5.41, 5.74) is 0.705. The fourth-order valence-electron chi connectivity index (χ4n) is 3.46. The molecule has 0 aliphatic carbocycles. The minimum Gasteiger partial charge on any atom is -0.465 e. The van der Waals surface area contributed by atoms with E-state index in [1.165, 1.54) is 13.2 Å². The molecule has 8 heteroatoms. The van der Waals surface area contributed by atoms with Gasteiger partial charge in [0.25, 0.3) is 0 Å². The number of nitrogens with zero attached hydrogens (tertiary/aromatic N) is 1. The van der Waals surface area contributed by atoms with E-state index in [2.05, 4.69) is 20.9 Å². The standard InChI is InChI=1S/C20H24BrFN2O4/c1-20(2,3)28-19(26)24-7-5-6-11(10-24)16-15(22)13-8-12(18(25)27-4)9-14(21)17(13)23-16/h8-9,11,23H,5-7,10H2,1-4H3/t11-/m1/s1. The molecule has 2 heterocycles. The highest BCUT2D eigenvalue weighted by atomic mass is 79.9. The number of esters is 1. The third-order valence-corrected chi connectivity index (χ3v) is 5.35. The Balaban J connectivity index is 1.90. The van der Waals surface area contributed by atoms with Crippen LogP contribution in [0.4, 0.5) is 9.18 Å². The summed E-state index contributed by atoms with van der Waals surface area (Å²) in [6, 6.07) is 3.08. The number of H-pyrrole nitrogens is 1. The van der Waals surface area contributed by atoms with Crippen LogP contribution in [0.3, 0.4) is 0 Å². The van der Waals surface area contributed by atoms with E-state index in [0.29, 0.717) is 34.2 Å². The summed E-state index contributed by atoms with van der Waals surface area (Å²) in [6.07, 6.45) is 1.13. The van der Waals surface area contributed by atoms with E-state index in [-0.39, 0.29) is 17.6 Å². The number of ether oxygens (including phenoxy) is 2. The smallest absolute Gasteiger partial charge is 0.410 e. The Kier molecular flexibility index (Phi) is 5.70. The average Bonchev–Trinajstić information content (AvgIpc) is 2.97. The van der Waals surface area contributed by atoms with Crippen molar-refractivity contribution in [1.29, 1.82) is 0 Å². The average molecular weight is 455 g/mol. The summed E-state index contributed by atoms with van der Waals surface area (Å²) < 4.78 is 26.0. The van der Waals surface area contributed by atoms with Crippen molar-refractivity contribution in [2.24, 2.45) is 0 Å². The number of nitrogens with one attached hydrogen (secondary N) is 1. The second kappa shape index (κ2) is 7.73. The molecule has 0 radical (unpaired) electrons. The van der Waals surface area contributed by atoms with E-state index < -0.39 is 17.4 Å². The molecule has 1 N–H and O–H groups in total. The lowest BCUT2D eigenvalue weighted by Crippen LogP contribution is -2.42. The highest BCUT2D eigenvalue weighted by Gasteiger charge is 2.31. The molecular formula is C20H24BrFN2O4. The maximum Gasteiger partial charge on any atom is 0.410 e.